The van der Waals surface area contributed by atoms with Crippen molar-refractivity contribution in [2.75, 3.05) is 31.3 Å². The van der Waals surface area contributed by atoms with Gasteiger partial charge in [0.1, 0.15) is 18.3 Å². The Morgan fingerprint density at radius 2 is 1.49 bits per heavy atom. The number of thioether (sulfide) groups is 2. The average molecular weight is 703 g/mol. The summed E-state index contributed by atoms with van der Waals surface area (Å²) in [5.41, 5.74) is -3.28. The van der Waals surface area contributed by atoms with E-state index in [1.807, 2.05) is 41.5 Å². The first-order valence-electron chi connectivity index (χ1n) is 14.7. The van der Waals surface area contributed by atoms with Crippen LogP contribution < -0.4 is 5.32 Å². The number of carbonyl (C=O) groups is 3. The van der Waals surface area contributed by atoms with Gasteiger partial charge in [-0.2, -0.15) is 0 Å². The van der Waals surface area contributed by atoms with E-state index in [0.29, 0.717) is 37.2 Å². The Morgan fingerprint density at radius 3 is 1.93 bits per heavy atom. The zero-order valence-electron chi connectivity index (χ0n) is 26.9. The normalized spacial score (nSPS) is 27.6. The summed E-state index contributed by atoms with van der Waals surface area (Å²) in [6.07, 6.45) is -1.67. The lowest BCUT2D eigenvalue weighted by Crippen LogP contribution is -2.59. The molecule has 0 radical (unpaired) electrons. The zero-order valence-corrected chi connectivity index (χ0v) is 29.5. The number of carbonyl (C=O) groups excluding carboxylic acids is 3. The number of hydrogen-bond donors (Lipinski definition) is 4. The highest BCUT2D eigenvalue weighted by Crippen LogP contribution is 2.52. The monoisotopic (exact) mass is 702 g/mol. The van der Waals surface area contributed by atoms with Gasteiger partial charge in [0.15, 0.2) is 16.5 Å². The number of nitrogens with zero attached hydrogens (tertiary/aromatic N) is 1. The number of alkyl halides is 1. The Bertz CT molecular complexity index is 1070. The van der Waals surface area contributed by atoms with Crippen molar-refractivity contribution < 1.29 is 57.0 Å². The minimum atomic E-state index is -4.44. The fourth-order valence-electron chi connectivity index (χ4n) is 3.91. The molecule has 0 saturated carbocycles. The predicted octanol–water partition coefficient (Wildman–Crippen LogP) is 3.67. The molecule has 1 saturated heterocycles. The molecule has 4 N–H and O–H groups in total. The van der Waals surface area contributed by atoms with Gasteiger partial charge in [-0.1, -0.05) is 65.1 Å². The summed E-state index contributed by atoms with van der Waals surface area (Å²) in [6, 6.07) is 0. The second-order valence-electron chi connectivity index (χ2n) is 13.1. The molecular formula is C28H48FN2O11PS2. The molecule has 0 spiro atoms. The van der Waals surface area contributed by atoms with Crippen molar-refractivity contribution in [3.05, 3.63) is 12.3 Å². The number of aliphatic hydroxyl groups excluding tert-OH is 2. The number of phosphoric acid groups is 1. The van der Waals surface area contributed by atoms with Gasteiger partial charge in [0.05, 0.1) is 13.2 Å². The summed E-state index contributed by atoms with van der Waals surface area (Å²) in [7, 11) is -4.44. The third-order valence-corrected chi connectivity index (χ3v) is 10.9. The van der Waals surface area contributed by atoms with Crippen LogP contribution in [-0.4, -0.2) is 97.8 Å². The molecular weight excluding hydrogens is 654 g/mol. The van der Waals surface area contributed by atoms with Crippen molar-refractivity contribution in [1.29, 1.82) is 0 Å². The molecule has 2 rings (SSSR count). The van der Waals surface area contributed by atoms with E-state index >= 15 is 4.39 Å². The van der Waals surface area contributed by atoms with Crippen LogP contribution in [0.4, 0.5) is 4.39 Å². The molecule has 2 aliphatic heterocycles. The fourth-order valence-corrected chi connectivity index (χ4v) is 7.11. The van der Waals surface area contributed by atoms with Gasteiger partial charge in [-0.05, 0) is 32.6 Å². The van der Waals surface area contributed by atoms with E-state index in [2.05, 4.69) is 5.32 Å². The second-order valence-corrected chi connectivity index (χ2v) is 16.9. The van der Waals surface area contributed by atoms with Crippen LogP contribution in [0.15, 0.2) is 12.3 Å². The molecule has 5 atom stereocenters. The number of ether oxygens (including phenoxy) is 1. The van der Waals surface area contributed by atoms with Crippen LogP contribution in [0.25, 0.3) is 0 Å². The molecule has 2 aliphatic rings. The van der Waals surface area contributed by atoms with E-state index in [-0.39, 0.29) is 23.4 Å². The third-order valence-electron chi connectivity index (χ3n) is 6.68. The molecule has 0 aromatic heterocycles. The Labute approximate surface area is 272 Å². The third kappa shape index (κ3) is 11.8. The van der Waals surface area contributed by atoms with Crippen LogP contribution >= 0.6 is 31.3 Å². The number of rotatable bonds is 16. The van der Waals surface area contributed by atoms with Crippen molar-refractivity contribution in [2.24, 2.45) is 10.8 Å². The number of aliphatic hydroxyl groups is 3. The van der Waals surface area contributed by atoms with Crippen LogP contribution in [0, 0.1) is 10.8 Å². The van der Waals surface area contributed by atoms with Crippen molar-refractivity contribution in [1.82, 2.24) is 10.2 Å². The van der Waals surface area contributed by atoms with Gasteiger partial charge >= 0.3 is 7.82 Å². The Kier molecular flexibility index (Phi) is 14.6. The van der Waals surface area contributed by atoms with Crippen LogP contribution in [0.1, 0.15) is 74.1 Å². The van der Waals surface area contributed by atoms with Crippen LogP contribution in [0.3, 0.4) is 0 Å². The van der Waals surface area contributed by atoms with Crippen LogP contribution in [0.5, 0.6) is 0 Å². The number of amides is 1. The van der Waals surface area contributed by atoms with E-state index in [4.69, 9.17) is 18.3 Å². The Morgan fingerprint density at radius 1 is 1.00 bits per heavy atom. The number of unbranched alkanes of at least 4 members (excludes halogenated alkanes) is 2. The van der Waals surface area contributed by atoms with Gasteiger partial charge < -0.3 is 30.3 Å². The first kappa shape index (κ1) is 40.1. The number of halogens is 1. The molecule has 2 heterocycles. The van der Waals surface area contributed by atoms with Crippen molar-refractivity contribution in [3.63, 3.8) is 0 Å². The van der Waals surface area contributed by atoms with Gasteiger partial charge in [-0.3, -0.25) is 28.0 Å². The smallest absolute Gasteiger partial charge is 0.384 e. The lowest BCUT2D eigenvalue weighted by molar-refractivity contribution is -0.227. The van der Waals surface area contributed by atoms with Crippen molar-refractivity contribution in [3.8, 4) is 0 Å². The lowest BCUT2D eigenvalue weighted by atomic mass is 9.95. The molecule has 45 heavy (non-hydrogen) atoms. The molecule has 17 heteroatoms. The van der Waals surface area contributed by atoms with Gasteiger partial charge in [0.2, 0.25) is 12.3 Å². The SMILES string of the molecule is CC(C)(C)C(=O)SCCCCOP(=O)(OCCCCSC(=O)C(C)(C)C)OCC1(F)OC(N2C=CC(=O)NC2O)C(C)(O)C1O. The minimum Gasteiger partial charge on any atom is -0.384 e. The summed E-state index contributed by atoms with van der Waals surface area (Å²) in [5.74, 6) is -2.74. The van der Waals surface area contributed by atoms with Crippen LogP contribution in [0.2, 0.25) is 0 Å². The fraction of sp³-hybridized carbons (Fsp3) is 0.821. The topological polar surface area (TPSA) is 181 Å². The number of hydrogen-bond acceptors (Lipinski definition) is 14. The highest BCUT2D eigenvalue weighted by Gasteiger charge is 2.65. The molecule has 1 fully saturated rings. The summed E-state index contributed by atoms with van der Waals surface area (Å²) >= 11 is 2.37. The molecule has 0 aromatic rings. The first-order chi connectivity index (χ1) is 20.6. The highest BCUT2D eigenvalue weighted by molar-refractivity contribution is 8.14. The maximum atomic E-state index is 16.0. The average Bonchev–Trinajstić information content (AvgIpc) is 3.10. The predicted molar refractivity (Wildman–Crippen MR) is 168 cm³/mol. The van der Waals surface area contributed by atoms with Gasteiger partial charge in [-0.25, -0.2) is 8.96 Å². The summed E-state index contributed by atoms with van der Waals surface area (Å²) in [6.45, 7) is 10.6. The first-order valence-corrected chi connectivity index (χ1v) is 18.1. The largest absolute Gasteiger partial charge is 0.474 e. The molecule has 0 aliphatic carbocycles. The number of nitrogens with one attached hydrogen (secondary N) is 1. The van der Waals surface area contributed by atoms with E-state index in [1.165, 1.54) is 23.5 Å². The summed E-state index contributed by atoms with van der Waals surface area (Å²) in [5, 5.41) is 34.0. The molecule has 13 nitrogen and oxygen atoms in total. The van der Waals surface area contributed by atoms with E-state index in [9.17, 15) is 34.3 Å². The summed E-state index contributed by atoms with van der Waals surface area (Å²) < 4.78 is 51.0. The molecule has 5 unspecified atom stereocenters. The maximum Gasteiger partial charge on any atom is 0.474 e. The standard InChI is InChI=1S/C28H48FN2O11PS2/c1-25(2,3)22(34)44-16-10-8-14-39-43(38,40-15-9-11-17-45-23(35)26(4,5)6)41-18-28(29)20(33)27(7,37)21(42-28)31-13-12-19(32)30-24(31)36/h12-13,20-21,24,33,36-37H,8-11,14-18H2,1-7H3,(H,30,32). The van der Waals surface area contributed by atoms with Gasteiger partial charge in [0.25, 0.3) is 5.85 Å². The molecule has 0 bridgehead atoms. The van der Waals surface area contributed by atoms with Gasteiger partial charge in [0, 0.05) is 34.6 Å². The summed E-state index contributed by atoms with van der Waals surface area (Å²) in [4.78, 5) is 36.6. The zero-order chi connectivity index (χ0) is 34.3. The maximum absolute atomic E-state index is 16.0. The molecule has 0 aromatic carbocycles. The number of phosphoric ester groups is 1. The highest BCUT2D eigenvalue weighted by atomic mass is 32.2. The van der Waals surface area contributed by atoms with Crippen LogP contribution in [-0.2, 0) is 37.3 Å². The van der Waals surface area contributed by atoms with E-state index in [0.717, 1.165) is 24.1 Å². The van der Waals surface area contributed by atoms with Gasteiger partial charge in [-0.15, -0.1) is 0 Å². The lowest BCUT2D eigenvalue weighted by Gasteiger charge is -2.38. The Hall–Kier alpha value is -1.07. The van der Waals surface area contributed by atoms with E-state index < -0.39 is 61.3 Å². The van der Waals surface area contributed by atoms with Crippen molar-refractivity contribution in [2.45, 2.75) is 104 Å². The molecule has 260 valence electrons. The molecule has 1 amide bonds. The quantitative estimate of drug-likeness (QED) is 0.135. The second kappa shape index (κ2) is 16.4. The van der Waals surface area contributed by atoms with E-state index in [1.54, 1.807) is 0 Å². The Balaban J connectivity index is 2.02. The minimum absolute atomic E-state index is 0.0376. The van der Waals surface area contributed by atoms with Crippen molar-refractivity contribution >= 4 is 47.5 Å².